The van der Waals surface area contributed by atoms with Crippen molar-refractivity contribution >= 4 is 27.6 Å². The zero-order chi connectivity index (χ0) is 10.1. The molecule has 1 N–H and O–H groups in total. The van der Waals surface area contributed by atoms with Gasteiger partial charge in [0, 0.05) is 5.39 Å². The molecule has 1 heterocycles. The number of aromatic nitrogens is 1. The molecule has 0 radical (unpaired) electrons. The number of carbonyl (C=O) groups is 1. The quantitative estimate of drug-likeness (QED) is 0.766. The van der Waals surface area contributed by atoms with Crippen molar-refractivity contribution in [2.24, 2.45) is 0 Å². The van der Waals surface area contributed by atoms with Gasteiger partial charge >= 0.3 is 5.97 Å². The molecule has 0 saturated carbocycles. The van der Waals surface area contributed by atoms with E-state index in [0.29, 0.717) is 10.1 Å². The lowest BCUT2D eigenvalue weighted by atomic mass is 10.2. The summed E-state index contributed by atoms with van der Waals surface area (Å²) in [5, 5.41) is 9.08. The molecular formula is C9H5NO3S. The van der Waals surface area contributed by atoms with E-state index in [1.54, 1.807) is 24.3 Å². The molecule has 0 bridgehead atoms. The van der Waals surface area contributed by atoms with Crippen LogP contribution < -0.4 is 5.43 Å². The first-order valence-electron chi connectivity index (χ1n) is 3.82. The molecular weight excluding hydrogens is 202 g/mol. The highest BCUT2D eigenvalue weighted by Gasteiger charge is 2.12. The summed E-state index contributed by atoms with van der Waals surface area (Å²) in [7, 11) is 0. The summed E-state index contributed by atoms with van der Waals surface area (Å²) >= 11 is 1.02. The summed E-state index contributed by atoms with van der Waals surface area (Å²) in [6.07, 6.45) is 0. The average Bonchev–Trinajstić information content (AvgIpc) is 2.18. The third kappa shape index (κ3) is 1.27. The second kappa shape index (κ2) is 3.19. The van der Waals surface area contributed by atoms with Gasteiger partial charge in [0.05, 0.1) is 4.70 Å². The minimum absolute atomic E-state index is 0.407. The minimum atomic E-state index is -1.28. The largest absolute Gasteiger partial charge is 0.476 e. The lowest BCUT2D eigenvalue weighted by Crippen LogP contribution is -2.15. The number of benzene rings is 1. The molecule has 0 saturated heterocycles. The number of hydrogen-bond acceptors (Lipinski definition) is 4. The van der Waals surface area contributed by atoms with Crippen molar-refractivity contribution in [3.8, 4) is 0 Å². The maximum atomic E-state index is 11.5. The van der Waals surface area contributed by atoms with Crippen molar-refractivity contribution in [1.29, 1.82) is 0 Å². The third-order valence-corrected chi connectivity index (χ3v) is 2.61. The normalized spacial score (nSPS) is 10.3. The Morgan fingerprint density at radius 3 is 2.79 bits per heavy atom. The van der Waals surface area contributed by atoms with Crippen LogP contribution in [0.4, 0.5) is 0 Å². The van der Waals surface area contributed by atoms with E-state index in [4.69, 9.17) is 5.11 Å². The summed E-state index contributed by atoms with van der Waals surface area (Å²) in [5.41, 5.74) is -0.930. The molecule has 0 spiro atoms. The molecule has 1 aromatic carbocycles. The predicted molar refractivity (Wildman–Crippen MR) is 52.8 cm³/mol. The van der Waals surface area contributed by atoms with Gasteiger partial charge in [0.15, 0.2) is 0 Å². The SMILES string of the molecule is O=C(O)c1nsc2ccccc2c1=O. The van der Waals surface area contributed by atoms with E-state index in [9.17, 15) is 9.59 Å². The van der Waals surface area contributed by atoms with Crippen molar-refractivity contribution in [2.45, 2.75) is 0 Å². The molecule has 0 aliphatic rings. The van der Waals surface area contributed by atoms with Crippen LogP contribution in [0.15, 0.2) is 29.1 Å². The van der Waals surface area contributed by atoms with Crippen molar-refractivity contribution in [1.82, 2.24) is 4.37 Å². The number of fused-ring (bicyclic) bond motifs is 1. The summed E-state index contributed by atoms with van der Waals surface area (Å²) in [6.45, 7) is 0. The van der Waals surface area contributed by atoms with Gasteiger partial charge in [-0.3, -0.25) is 4.79 Å². The molecule has 2 rings (SSSR count). The standard InChI is InChI=1S/C9H5NO3S/c11-8-5-3-1-2-4-6(5)14-10-7(8)9(12)13/h1-4H,(H,12,13). The highest BCUT2D eigenvalue weighted by atomic mass is 32.1. The van der Waals surface area contributed by atoms with Crippen LogP contribution in [0.5, 0.6) is 0 Å². The molecule has 1 aromatic heterocycles. The fourth-order valence-corrected chi connectivity index (χ4v) is 1.88. The Morgan fingerprint density at radius 2 is 2.07 bits per heavy atom. The van der Waals surface area contributed by atoms with E-state index in [0.717, 1.165) is 11.5 Å². The fraction of sp³-hybridized carbons (Fsp3) is 0. The van der Waals surface area contributed by atoms with Gasteiger partial charge in [0.1, 0.15) is 0 Å². The second-order valence-corrected chi connectivity index (χ2v) is 3.47. The monoisotopic (exact) mass is 207 g/mol. The lowest BCUT2D eigenvalue weighted by molar-refractivity contribution is 0.0690. The van der Waals surface area contributed by atoms with Crippen molar-refractivity contribution in [3.63, 3.8) is 0 Å². The zero-order valence-corrected chi connectivity index (χ0v) is 7.75. The number of aromatic carboxylic acids is 1. The number of rotatable bonds is 1. The van der Waals surface area contributed by atoms with Gasteiger partial charge in [-0.05, 0) is 23.7 Å². The zero-order valence-electron chi connectivity index (χ0n) is 6.93. The summed E-state index contributed by atoms with van der Waals surface area (Å²) < 4.78 is 4.33. The van der Waals surface area contributed by atoms with E-state index in [1.165, 1.54) is 0 Å². The van der Waals surface area contributed by atoms with Gasteiger partial charge in [-0.2, -0.15) is 4.37 Å². The molecule has 0 fully saturated rings. The summed E-state index contributed by atoms with van der Waals surface area (Å²) in [6, 6.07) is 6.81. The summed E-state index contributed by atoms with van der Waals surface area (Å²) in [5.74, 6) is -1.28. The molecule has 0 atom stereocenters. The Kier molecular flexibility index (Phi) is 2.01. The first-order valence-corrected chi connectivity index (χ1v) is 4.59. The van der Waals surface area contributed by atoms with Crippen LogP contribution in [0, 0.1) is 0 Å². The fourth-order valence-electron chi connectivity index (χ4n) is 1.13. The molecule has 0 amide bonds. The number of carboxylic acid groups (broad SMARTS) is 1. The van der Waals surface area contributed by atoms with Crippen LogP contribution in [-0.4, -0.2) is 15.4 Å². The van der Waals surface area contributed by atoms with Gasteiger partial charge in [0.2, 0.25) is 11.1 Å². The van der Waals surface area contributed by atoms with Crippen LogP contribution in [0.25, 0.3) is 10.1 Å². The van der Waals surface area contributed by atoms with Crippen molar-refractivity contribution in [3.05, 3.63) is 40.2 Å². The first-order chi connectivity index (χ1) is 6.70. The highest BCUT2D eigenvalue weighted by molar-refractivity contribution is 7.12. The van der Waals surface area contributed by atoms with Crippen LogP contribution in [0.3, 0.4) is 0 Å². The van der Waals surface area contributed by atoms with Crippen LogP contribution >= 0.6 is 11.5 Å². The van der Waals surface area contributed by atoms with E-state index < -0.39 is 17.1 Å². The van der Waals surface area contributed by atoms with Gasteiger partial charge < -0.3 is 5.11 Å². The molecule has 0 unspecified atom stereocenters. The molecule has 0 aliphatic carbocycles. The van der Waals surface area contributed by atoms with Crippen molar-refractivity contribution in [2.75, 3.05) is 0 Å². The lowest BCUT2D eigenvalue weighted by Gasteiger charge is -1.95. The molecule has 4 nitrogen and oxygen atoms in total. The van der Waals surface area contributed by atoms with Crippen LogP contribution in [0.1, 0.15) is 10.5 Å². The van der Waals surface area contributed by atoms with Crippen LogP contribution in [-0.2, 0) is 0 Å². The van der Waals surface area contributed by atoms with E-state index in [-0.39, 0.29) is 0 Å². The van der Waals surface area contributed by atoms with Crippen molar-refractivity contribution < 1.29 is 9.90 Å². The minimum Gasteiger partial charge on any atom is -0.476 e. The number of carboxylic acids is 1. The Balaban J connectivity index is 2.89. The Labute approximate surface area is 82.6 Å². The maximum Gasteiger partial charge on any atom is 0.359 e. The Morgan fingerprint density at radius 1 is 1.36 bits per heavy atom. The van der Waals surface area contributed by atoms with Gasteiger partial charge in [-0.1, -0.05) is 12.1 Å². The Hall–Kier alpha value is -1.75. The molecule has 14 heavy (non-hydrogen) atoms. The van der Waals surface area contributed by atoms with Crippen LogP contribution in [0.2, 0.25) is 0 Å². The molecule has 2 aromatic rings. The number of nitrogens with zero attached hydrogens (tertiary/aromatic N) is 1. The first kappa shape index (κ1) is 8.83. The van der Waals surface area contributed by atoms with Gasteiger partial charge in [0.25, 0.3) is 0 Å². The van der Waals surface area contributed by atoms with Gasteiger partial charge in [-0.15, -0.1) is 0 Å². The third-order valence-electron chi connectivity index (χ3n) is 1.78. The van der Waals surface area contributed by atoms with Gasteiger partial charge in [-0.25, -0.2) is 4.79 Å². The van der Waals surface area contributed by atoms with E-state index in [2.05, 4.69) is 4.37 Å². The Bertz CT molecular complexity index is 561. The molecule has 5 heteroatoms. The number of hydrogen-bond donors (Lipinski definition) is 1. The molecule has 70 valence electrons. The second-order valence-electron chi connectivity index (χ2n) is 2.66. The molecule has 0 aliphatic heterocycles. The summed E-state index contributed by atoms with van der Waals surface area (Å²) in [4.78, 5) is 22.1. The topological polar surface area (TPSA) is 67.3 Å². The maximum absolute atomic E-state index is 11.5. The van der Waals surface area contributed by atoms with E-state index in [1.807, 2.05) is 0 Å². The smallest absolute Gasteiger partial charge is 0.359 e. The predicted octanol–water partition coefficient (Wildman–Crippen LogP) is 1.35. The highest BCUT2D eigenvalue weighted by Crippen LogP contribution is 2.12. The van der Waals surface area contributed by atoms with E-state index >= 15 is 0 Å². The average molecular weight is 207 g/mol.